The second kappa shape index (κ2) is 7.75. The summed E-state index contributed by atoms with van der Waals surface area (Å²) in [6.45, 7) is 4.95. The number of anilines is 1. The number of aryl methyl sites for hydroxylation is 1. The van der Waals surface area contributed by atoms with Gasteiger partial charge in [-0.2, -0.15) is 0 Å². The van der Waals surface area contributed by atoms with Crippen LogP contribution in [-0.4, -0.2) is 47.0 Å². The molecule has 2 aromatic rings. The van der Waals surface area contributed by atoms with E-state index < -0.39 is 23.4 Å². The van der Waals surface area contributed by atoms with E-state index >= 15 is 0 Å². The highest BCUT2D eigenvalue weighted by atomic mass is 19.2. The van der Waals surface area contributed by atoms with E-state index in [1.807, 2.05) is 11.8 Å². The van der Waals surface area contributed by atoms with Crippen LogP contribution in [0.2, 0.25) is 0 Å². The normalized spacial score (nSPS) is 16.5. The molecular formula is C19H22F3N5O. The SMILES string of the molecule is Cc1nc(C(=O)N(C)Cc2cc(F)c(F)c(F)c2)nc(N2CC[C@@H](N)C2)c1C. The zero-order chi connectivity index (χ0) is 20.6. The largest absolute Gasteiger partial charge is 0.355 e. The fraction of sp³-hybridized carbons (Fsp3) is 0.421. The average molecular weight is 393 g/mol. The molecule has 1 fully saturated rings. The predicted octanol–water partition coefficient (Wildman–Crippen LogP) is 2.32. The fourth-order valence-corrected chi connectivity index (χ4v) is 3.21. The highest BCUT2D eigenvalue weighted by molar-refractivity contribution is 5.90. The summed E-state index contributed by atoms with van der Waals surface area (Å²) in [5.41, 5.74) is 7.64. The minimum absolute atomic E-state index is 0.0101. The van der Waals surface area contributed by atoms with Crippen molar-refractivity contribution in [1.29, 1.82) is 0 Å². The van der Waals surface area contributed by atoms with E-state index in [1.165, 1.54) is 11.9 Å². The van der Waals surface area contributed by atoms with Gasteiger partial charge < -0.3 is 15.5 Å². The van der Waals surface area contributed by atoms with E-state index in [-0.39, 0.29) is 24.0 Å². The summed E-state index contributed by atoms with van der Waals surface area (Å²) in [5.74, 6) is -3.99. The number of amides is 1. The summed E-state index contributed by atoms with van der Waals surface area (Å²) in [5, 5.41) is 0. The number of carbonyl (C=O) groups is 1. The van der Waals surface area contributed by atoms with E-state index in [0.717, 1.165) is 30.7 Å². The lowest BCUT2D eigenvalue weighted by Crippen LogP contribution is -2.31. The van der Waals surface area contributed by atoms with Gasteiger partial charge in [0.05, 0.1) is 0 Å². The summed E-state index contributed by atoms with van der Waals surface area (Å²) in [7, 11) is 1.46. The Balaban J connectivity index is 1.84. The molecule has 6 nitrogen and oxygen atoms in total. The van der Waals surface area contributed by atoms with Crippen LogP contribution in [0.15, 0.2) is 12.1 Å². The van der Waals surface area contributed by atoms with Crippen molar-refractivity contribution < 1.29 is 18.0 Å². The minimum atomic E-state index is -1.54. The van der Waals surface area contributed by atoms with Crippen molar-refractivity contribution in [1.82, 2.24) is 14.9 Å². The van der Waals surface area contributed by atoms with Crippen LogP contribution in [0.5, 0.6) is 0 Å². The summed E-state index contributed by atoms with van der Waals surface area (Å²) in [4.78, 5) is 24.7. The zero-order valence-electron chi connectivity index (χ0n) is 16.0. The summed E-state index contributed by atoms with van der Waals surface area (Å²) in [6, 6.07) is 1.78. The lowest BCUT2D eigenvalue weighted by Gasteiger charge is -2.22. The fourth-order valence-electron chi connectivity index (χ4n) is 3.21. The Kier molecular flexibility index (Phi) is 5.55. The molecule has 3 rings (SSSR count). The summed E-state index contributed by atoms with van der Waals surface area (Å²) >= 11 is 0. The van der Waals surface area contributed by atoms with E-state index in [0.29, 0.717) is 18.1 Å². The van der Waals surface area contributed by atoms with Crippen LogP contribution in [0.4, 0.5) is 19.0 Å². The van der Waals surface area contributed by atoms with Gasteiger partial charge in [0.2, 0.25) is 5.82 Å². The molecule has 1 aliphatic rings. The van der Waals surface area contributed by atoms with Gasteiger partial charge >= 0.3 is 0 Å². The molecule has 1 aromatic heterocycles. The number of nitrogens with zero attached hydrogens (tertiary/aromatic N) is 4. The van der Waals surface area contributed by atoms with Crippen LogP contribution in [-0.2, 0) is 6.54 Å². The average Bonchev–Trinajstić information content (AvgIpc) is 3.07. The van der Waals surface area contributed by atoms with Crippen molar-refractivity contribution in [3.05, 3.63) is 52.2 Å². The van der Waals surface area contributed by atoms with Gasteiger partial charge in [-0.3, -0.25) is 4.79 Å². The zero-order valence-corrected chi connectivity index (χ0v) is 16.0. The molecule has 1 saturated heterocycles. The molecule has 1 aromatic carbocycles. The standard InChI is InChI=1S/C19H22F3N5O/c1-10-11(2)24-17(25-18(10)27-5-4-13(23)9-27)19(28)26(3)8-12-6-14(20)16(22)15(21)7-12/h6-7,13H,4-5,8-9,23H2,1-3H3/t13-/m1/s1. The Bertz CT molecular complexity index is 898. The van der Waals surface area contributed by atoms with Crippen molar-refractivity contribution in [2.24, 2.45) is 5.73 Å². The Morgan fingerprint density at radius 3 is 2.46 bits per heavy atom. The first-order valence-electron chi connectivity index (χ1n) is 8.92. The molecule has 2 N–H and O–H groups in total. The Labute approximate surface area is 161 Å². The lowest BCUT2D eigenvalue weighted by molar-refractivity contribution is 0.0772. The first kappa shape index (κ1) is 20.1. The Morgan fingerprint density at radius 1 is 1.25 bits per heavy atom. The third-order valence-electron chi connectivity index (χ3n) is 4.89. The number of halogens is 3. The van der Waals surface area contributed by atoms with Gasteiger partial charge in [0.25, 0.3) is 5.91 Å². The van der Waals surface area contributed by atoms with Crippen molar-refractivity contribution in [3.8, 4) is 0 Å². The van der Waals surface area contributed by atoms with Crippen molar-refractivity contribution in [2.45, 2.75) is 32.9 Å². The van der Waals surface area contributed by atoms with Crippen LogP contribution < -0.4 is 10.6 Å². The quantitative estimate of drug-likeness (QED) is 0.807. The van der Waals surface area contributed by atoms with Gasteiger partial charge in [-0.25, -0.2) is 23.1 Å². The molecule has 150 valence electrons. The van der Waals surface area contributed by atoms with Crippen molar-refractivity contribution in [3.63, 3.8) is 0 Å². The molecule has 0 radical (unpaired) electrons. The number of hydrogen-bond acceptors (Lipinski definition) is 5. The number of aromatic nitrogens is 2. The second-order valence-corrected chi connectivity index (χ2v) is 7.11. The molecule has 0 aliphatic carbocycles. The number of carbonyl (C=O) groups excluding carboxylic acids is 1. The number of hydrogen-bond donors (Lipinski definition) is 1. The highest BCUT2D eigenvalue weighted by Gasteiger charge is 2.25. The molecule has 0 bridgehead atoms. The van der Waals surface area contributed by atoms with Crippen molar-refractivity contribution >= 4 is 11.7 Å². The van der Waals surface area contributed by atoms with Crippen LogP contribution in [0.3, 0.4) is 0 Å². The van der Waals surface area contributed by atoms with Gasteiger partial charge in [0.15, 0.2) is 17.5 Å². The van der Waals surface area contributed by atoms with Crippen LogP contribution >= 0.6 is 0 Å². The van der Waals surface area contributed by atoms with E-state index in [4.69, 9.17) is 5.73 Å². The third-order valence-corrected chi connectivity index (χ3v) is 4.89. The molecule has 0 saturated carbocycles. The Hall–Kier alpha value is -2.68. The maximum Gasteiger partial charge on any atom is 0.291 e. The van der Waals surface area contributed by atoms with E-state index in [2.05, 4.69) is 9.97 Å². The smallest absolute Gasteiger partial charge is 0.291 e. The molecule has 9 heteroatoms. The third kappa shape index (κ3) is 3.94. The van der Waals surface area contributed by atoms with Crippen LogP contribution in [0.1, 0.15) is 33.9 Å². The monoisotopic (exact) mass is 393 g/mol. The highest BCUT2D eigenvalue weighted by Crippen LogP contribution is 2.24. The molecule has 1 aliphatic heterocycles. The second-order valence-electron chi connectivity index (χ2n) is 7.11. The molecule has 0 spiro atoms. The summed E-state index contributed by atoms with van der Waals surface area (Å²) < 4.78 is 39.9. The number of rotatable bonds is 4. The first-order chi connectivity index (χ1) is 13.2. The van der Waals surface area contributed by atoms with E-state index in [9.17, 15) is 18.0 Å². The first-order valence-corrected chi connectivity index (χ1v) is 8.92. The topological polar surface area (TPSA) is 75.4 Å². The van der Waals surface area contributed by atoms with Crippen LogP contribution in [0, 0.1) is 31.3 Å². The molecular weight excluding hydrogens is 371 g/mol. The maximum atomic E-state index is 13.4. The predicted molar refractivity (Wildman–Crippen MR) is 98.4 cm³/mol. The lowest BCUT2D eigenvalue weighted by atomic mass is 10.2. The molecule has 0 unspecified atom stereocenters. The Morgan fingerprint density at radius 2 is 1.89 bits per heavy atom. The van der Waals surface area contributed by atoms with Gasteiger partial charge in [0, 0.05) is 44.0 Å². The van der Waals surface area contributed by atoms with Gasteiger partial charge in [-0.15, -0.1) is 0 Å². The molecule has 1 amide bonds. The van der Waals surface area contributed by atoms with E-state index in [1.54, 1.807) is 6.92 Å². The number of benzene rings is 1. The van der Waals surface area contributed by atoms with Crippen molar-refractivity contribution in [2.75, 3.05) is 25.0 Å². The maximum absolute atomic E-state index is 13.4. The minimum Gasteiger partial charge on any atom is -0.355 e. The molecule has 1 atom stereocenters. The number of nitrogens with two attached hydrogens (primary N) is 1. The van der Waals surface area contributed by atoms with Crippen LogP contribution in [0.25, 0.3) is 0 Å². The molecule has 28 heavy (non-hydrogen) atoms. The summed E-state index contributed by atoms with van der Waals surface area (Å²) in [6.07, 6.45) is 0.841. The molecule has 2 heterocycles. The van der Waals surface area contributed by atoms with Gasteiger partial charge in [0.1, 0.15) is 5.82 Å². The van der Waals surface area contributed by atoms with Gasteiger partial charge in [-0.1, -0.05) is 0 Å². The van der Waals surface area contributed by atoms with Gasteiger partial charge in [-0.05, 0) is 38.0 Å².